The number of aromatic nitrogens is 3. The molecule has 0 aliphatic heterocycles. The van der Waals surface area contributed by atoms with Crippen molar-refractivity contribution in [2.75, 3.05) is 0 Å². The number of hydrogen-bond acceptors (Lipinski definition) is 3. The Morgan fingerprint density at radius 1 is 1.19 bits per heavy atom. The first-order chi connectivity index (χ1) is 7.72. The number of aryl methyl sites for hydroxylation is 2. The first-order valence-electron chi connectivity index (χ1n) is 5.42. The lowest BCUT2D eigenvalue weighted by molar-refractivity contribution is 0.475. The monoisotopic (exact) mass is 217 g/mol. The van der Waals surface area contributed by atoms with Crippen LogP contribution in [0, 0.1) is 6.92 Å². The van der Waals surface area contributed by atoms with Crippen LogP contribution in [0.5, 0.6) is 5.75 Å². The fraction of sp³-hybridized carbons (Fsp3) is 0.333. The lowest BCUT2D eigenvalue weighted by atomic mass is 10.2. The molecule has 0 aliphatic carbocycles. The summed E-state index contributed by atoms with van der Waals surface area (Å²) in [4.78, 5) is 0. The highest BCUT2D eigenvalue weighted by atomic mass is 16.3. The molecule has 0 radical (unpaired) electrons. The van der Waals surface area contributed by atoms with Crippen LogP contribution in [0.25, 0.3) is 5.69 Å². The van der Waals surface area contributed by atoms with Gasteiger partial charge < -0.3 is 5.11 Å². The van der Waals surface area contributed by atoms with Gasteiger partial charge in [-0.1, -0.05) is 6.92 Å². The number of benzene rings is 1. The van der Waals surface area contributed by atoms with Crippen LogP contribution in [0.4, 0.5) is 0 Å². The predicted molar refractivity (Wildman–Crippen MR) is 61.8 cm³/mol. The van der Waals surface area contributed by atoms with Gasteiger partial charge in [0.05, 0.1) is 0 Å². The molecule has 84 valence electrons. The Bertz CT molecular complexity index is 474. The molecule has 4 nitrogen and oxygen atoms in total. The molecular formula is C12H15N3O. The van der Waals surface area contributed by atoms with Gasteiger partial charge in [0.15, 0.2) is 0 Å². The molecule has 0 atom stereocenters. The molecule has 0 amide bonds. The number of phenolic OH excluding ortho intramolecular Hbond substituents is 1. The molecule has 0 saturated heterocycles. The summed E-state index contributed by atoms with van der Waals surface area (Å²) in [7, 11) is 0. The molecule has 0 unspecified atom stereocenters. The SMILES string of the molecule is CCCc1nnc(C)n1-c1ccc(O)cc1. The van der Waals surface area contributed by atoms with E-state index < -0.39 is 0 Å². The molecule has 4 heteroatoms. The van der Waals surface area contributed by atoms with Crippen molar-refractivity contribution in [1.82, 2.24) is 14.8 Å². The number of rotatable bonds is 3. The van der Waals surface area contributed by atoms with Gasteiger partial charge in [-0.3, -0.25) is 4.57 Å². The van der Waals surface area contributed by atoms with Gasteiger partial charge in [-0.2, -0.15) is 0 Å². The zero-order valence-electron chi connectivity index (χ0n) is 9.51. The van der Waals surface area contributed by atoms with E-state index in [0.29, 0.717) is 0 Å². The highest BCUT2D eigenvalue weighted by molar-refractivity contribution is 5.38. The maximum absolute atomic E-state index is 9.26. The average Bonchev–Trinajstić information content (AvgIpc) is 2.62. The van der Waals surface area contributed by atoms with Crippen LogP contribution in [0.1, 0.15) is 25.0 Å². The average molecular weight is 217 g/mol. The highest BCUT2D eigenvalue weighted by Gasteiger charge is 2.09. The molecule has 0 spiro atoms. The summed E-state index contributed by atoms with van der Waals surface area (Å²) in [6.07, 6.45) is 1.94. The lowest BCUT2D eigenvalue weighted by Gasteiger charge is -2.07. The summed E-state index contributed by atoms with van der Waals surface area (Å²) in [6, 6.07) is 7.07. The van der Waals surface area contributed by atoms with Gasteiger partial charge in [-0.15, -0.1) is 10.2 Å². The molecule has 2 aromatic rings. The minimum atomic E-state index is 0.270. The fourth-order valence-electron chi connectivity index (χ4n) is 1.73. The van der Waals surface area contributed by atoms with Crippen LogP contribution >= 0.6 is 0 Å². The molecule has 0 bridgehead atoms. The van der Waals surface area contributed by atoms with Crippen molar-refractivity contribution in [3.05, 3.63) is 35.9 Å². The summed E-state index contributed by atoms with van der Waals surface area (Å²) in [5, 5.41) is 17.5. The van der Waals surface area contributed by atoms with Crippen molar-refractivity contribution in [3.8, 4) is 11.4 Å². The van der Waals surface area contributed by atoms with Gasteiger partial charge >= 0.3 is 0 Å². The minimum Gasteiger partial charge on any atom is -0.508 e. The topological polar surface area (TPSA) is 50.9 Å². The summed E-state index contributed by atoms with van der Waals surface area (Å²) in [5.74, 6) is 2.10. The smallest absolute Gasteiger partial charge is 0.137 e. The second kappa shape index (κ2) is 4.35. The molecule has 0 aliphatic rings. The summed E-state index contributed by atoms with van der Waals surface area (Å²) >= 11 is 0. The quantitative estimate of drug-likeness (QED) is 0.857. The van der Waals surface area contributed by atoms with Crippen LogP contribution in [0.2, 0.25) is 0 Å². The first-order valence-corrected chi connectivity index (χ1v) is 5.42. The van der Waals surface area contributed by atoms with Crippen LogP contribution in [-0.2, 0) is 6.42 Å². The third-order valence-corrected chi connectivity index (χ3v) is 2.47. The van der Waals surface area contributed by atoms with Crippen LogP contribution in [0.3, 0.4) is 0 Å². The van der Waals surface area contributed by atoms with E-state index in [2.05, 4.69) is 17.1 Å². The number of hydrogen-bond donors (Lipinski definition) is 1. The van der Waals surface area contributed by atoms with E-state index in [1.165, 1.54) is 0 Å². The third kappa shape index (κ3) is 1.91. The molecule has 1 N–H and O–H groups in total. The molecule has 0 fully saturated rings. The molecule has 16 heavy (non-hydrogen) atoms. The van der Waals surface area contributed by atoms with Crippen molar-refractivity contribution >= 4 is 0 Å². The van der Waals surface area contributed by atoms with Crippen molar-refractivity contribution in [3.63, 3.8) is 0 Å². The zero-order valence-corrected chi connectivity index (χ0v) is 9.51. The van der Waals surface area contributed by atoms with Crippen molar-refractivity contribution in [2.24, 2.45) is 0 Å². The Labute approximate surface area is 94.6 Å². The van der Waals surface area contributed by atoms with E-state index >= 15 is 0 Å². The van der Waals surface area contributed by atoms with E-state index in [0.717, 1.165) is 30.2 Å². The second-order valence-electron chi connectivity index (χ2n) is 3.77. The van der Waals surface area contributed by atoms with Crippen LogP contribution in [-0.4, -0.2) is 19.9 Å². The zero-order chi connectivity index (χ0) is 11.5. The Hall–Kier alpha value is -1.84. The molecule has 1 aromatic heterocycles. The molecule has 1 aromatic carbocycles. The summed E-state index contributed by atoms with van der Waals surface area (Å²) in [6.45, 7) is 4.05. The van der Waals surface area contributed by atoms with Crippen molar-refractivity contribution < 1.29 is 5.11 Å². The van der Waals surface area contributed by atoms with Crippen LogP contribution in [0.15, 0.2) is 24.3 Å². The van der Waals surface area contributed by atoms with Gasteiger partial charge in [-0.25, -0.2) is 0 Å². The molecule has 1 heterocycles. The van der Waals surface area contributed by atoms with Crippen molar-refractivity contribution in [2.45, 2.75) is 26.7 Å². The predicted octanol–water partition coefficient (Wildman–Crippen LogP) is 2.23. The van der Waals surface area contributed by atoms with Crippen LogP contribution < -0.4 is 0 Å². The van der Waals surface area contributed by atoms with E-state index in [4.69, 9.17) is 0 Å². The standard InChI is InChI=1S/C12H15N3O/c1-3-4-12-14-13-9(2)15(12)10-5-7-11(16)8-6-10/h5-8,16H,3-4H2,1-2H3. The molecule has 2 rings (SSSR count). The summed E-state index contributed by atoms with van der Waals surface area (Å²) in [5.41, 5.74) is 0.990. The Balaban J connectivity index is 2.45. The van der Waals surface area contributed by atoms with Gasteiger partial charge in [-0.05, 0) is 37.6 Å². The van der Waals surface area contributed by atoms with Gasteiger partial charge in [0.25, 0.3) is 0 Å². The number of aromatic hydroxyl groups is 1. The largest absolute Gasteiger partial charge is 0.508 e. The van der Waals surface area contributed by atoms with E-state index in [-0.39, 0.29) is 5.75 Å². The van der Waals surface area contributed by atoms with E-state index in [1.54, 1.807) is 12.1 Å². The summed E-state index contributed by atoms with van der Waals surface area (Å²) < 4.78 is 2.02. The third-order valence-electron chi connectivity index (χ3n) is 2.47. The molecule has 0 saturated carbocycles. The van der Waals surface area contributed by atoms with E-state index in [1.807, 2.05) is 23.6 Å². The normalized spacial score (nSPS) is 10.6. The maximum Gasteiger partial charge on any atom is 0.137 e. The Kier molecular flexibility index (Phi) is 2.90. The molecular weight excluding hydrogens is 202 g/mol. The maximum atomic E-state index is 9.26. The van der Waals surface area contributed by atoms with Crippen molar-refractivity contribution in [1.29, 1.82) is 0 Å². The van der Waals surface area contributed by atoms with E-state index in [9.17, 15) is 5.11 Å². The first kappa shape index (κ1) is 10.7. The lowest BCUT2D eigenvalue weighted by Crippen LogP contribution is -2.02. The Morgan fingerprint density at radius 3 is 2.50 bits per heavy atom. The van der Waals surface area contributed by atoms with Gasteiger partial charge in [0.1, 0.15) is 17.4 Å². The number of nitrogens with zero attached hydrogens (tertiary/aromatic N) is 3. The van der Waals surface area contributed by atoms with Gasteiger partial charge in [0.2, 0.25) is 0 Å². The second-order valence-corrected chi connectivity index (χ2v) is 3.77. The minimum absolute atomic E-state index is 0.270. The number of phenols is 1. The highest BCUT2D eigenvalue weighted by Crippen LogP contribution is 2.17. The fourth-order valence-corrected chi connectivity index (χ4v) is 1.73. The Morgan fingerprint density at radius 2 is 1.88 bits per heavy atom. The van der Waals surface area contributed by atoms with Gasteiger partial charge in [0, 0.05) is 12.1 Å².